The first-order valence-corrected chi connectivity index (χ1v) is 6.37. The highest BCUT2D eigenvalue weighted by atomic mass is 35.5. The predicted octanol–water partition coefficient (Wildman–Crippen LogP) is 3.78. The van der Waals surface area contributed by atoms with Crippen LogP contribution in [0.2, 0.25) is 5.02 Å². The highest BCUT2D eigenvalue weighted by Gasteiger charge is 2.04. The highest BCUT2D eigenvalue weighted by molar-refractivity contribution is 6.30. The second kappa shape index (κ2) is 6.55. The molecule has 0 aliphatic heterocycles. The summed E-state index contributed by atoms with van der Waals surface area (Å²) in [5.41, 5.74) is 1.57. The number of benzene rings is 2. The van der Waals surface area contributed by atoms with Crippen LogP contribution in [0.5, 0.6) is 5.75 Å². The quantitative estimate of drug-likeness (QED) is 0.899. The van der Waals surface area contributed by atoms with Crippen LogP contribution in [0, 0.1) is 5.82 Å². The molecule has 0 aliphatic carbocycles. The van der Waals surface area contributed by atoms with Crippen molar-refractivity contribution in [2.24, 2.45) is 0 Å². The van der Waals surface area contributed by atoms with Gasteiger partial charge < -0.3 is 10.1 Å². The van der Waals surface area contributed by atoms with Crippen LogP contribution in [0.4, 0.5) is 4.39 Å². The summed E-state index contributed by atoms with van der Waals surface area (Å²) in [6.07, 6.45) is 0. The third-order valence-corrected chi connectivity index (χ3v) is 2.92. The summed E-state index contributed by atoms with van der Waals surface area (Å²) in [6, 6.07) is 12.1. The van der Waals surface area contributed by atoms with E-state index in [1.165, 1.54) is 12.1 Å². The fourth-order valence-corrected chi connectivity index (χ4v) is 1.96. The molecule has 0 aliphatic rings. The first-order valence-electron chi connectivity index (χ1n) is 5.99. The molecule has 1 N–H and O–H groups in total. The zero-order valence-electron chi connectivity index (χ0n) is 10.6. The molecular weight excluding hydrogens is 265 g/mol. The van der Waals surface area contributed by atoms with Gasteiger partial charge in [0.15, 0.2) is 0 Å². The first kappa shape index (κ1) is 13.8. The molecule has 0 atom stereocenters. The van der Waals surface area contributed by atoms with E-state index in [9.17, 15) is 4.39 Å². The van der Waals surface area contributed by atoms with E-state index in [2.05, 4.69) is 5.32 Å². The van der Waals surface area contributed by atoms with E-state index < -0.39 is 0 Å². The van der Waals surface area contributed by atoms with E-state index in [0.717, 1.165) is 12.1 Å². The molecule has 0 spiro atoms. The zero-order chi connectivity index (χ0) is 13.7. The molecule has 0 fully saturated rings. The number of halogens is 2. The Kier molecular flexibility index (Phi) is 4.77. The van der Waals surface area contributed by atoms with Gasteiger partial charge in [0.05, 0.1) is 0 Å². The van der Waals surface area contributed by atoms with Gasteiger partial charge in [0.2, 0.25) is 0 Å². The minimum absolute atomic E-state index is 0.162. The summed E-state index contributed by atoms with van der Waals surface area (Å²) < 4.78 is 19.1. The van der Waals surface area contributed by atoms with Crippen LogP contribution in [0.1, 0.15) is 11.1 Å². The molecule has 0 bridgehead atoms. The Morgan fingerprint density at radius 3 is 2.84 bits per heavy atom. The van der Waals surface area contributed by atoms with E-state index >= 15 is 0 Å². The summed E-state index contributed by atoms with van der Waals surface area (Å²) >= 11 is 5.83. The Morgan fingerprint density at radius 1 is 1.21 bits per heavy atom. The van der Waals surface area contributed by atoms with Gasteiger partial charge in [0.25, 0.3) is 0 Å². The molecule has 0 unspecified atom stereocenters. The number of hydrogen-bond acceptors (Lipinski definition) is 2. The Hall–Kier alpha value is -1.58. The zero-order valence-corrected chi connectivity index (χ0v) is 11.4. The average Bonchev–Trinajstić information content (AvgIpc) is 2.41. The van der Waals surface area contributed by atoms with E-state index in [1.54, 1.807) is 6.07 Å². The Bertz CT molecular complexity index is 560. The number of rotatable bonds is 5. The van der Waals surface area contributed by atoms with Gasteiger partial charge in [0.1, 0.15) is 18.2 Å². The summed E-state index contributed by atoms with van der Waals surface area (Å²) in [5, 5.41) is 3.57. The smallest absolute Gasteiger partial charge is 0.129 e. The summed E-state index contributed by atoms with van der Waals surface area (Å²) in [6.45, 7) is 0.929. The van der Waals surface area contributed by atoms with Crippen LogP contribution in [-0.4, -0.2) is 7.05 Å². The third kappa shape index (κ3) is 3.94. The molecular formula is C15H15ClFNO. The maximum Gasteiger partial charge on any atom is 0.129 e. The number of hydrogen-bond donors (Lipinski definition) is 1. The first-order chi connectivity index (χ1) is 9.19. The molecule has 4 heteroatoms. The molecule has 100 valence electrons. The topological polar surface area (TPSA) is 21.3 Å². The van der Waals surface area contributed by atoms with Gasteiger partial charge in [-0.3, -0.25) is 0 Å². The van der Waals surface area contributed by atoms with Crippen molar-refractivity contribution in [3.05, 3.63) is 64.4 Å². The molecule has 0 saturated carbocycles. The minimum Gasteiger partial charge on any atom is -0.489 e. The molecule has 0 heterocycles. The normalized spacial score (nSPS) is 10.5. The number of nitrogens with one attached hydrogen (secondary N) is 1. The van der Waals surface area contributed by atoms with Crippen molar-refractivity contribution in [3.8, 4) is 5.75 Å². The van der Waals surface area contributed by atoms with Gasteiger partial charge in [-0.1, -0.05) is 23.7 Å². The lowest BCUT2D eigenvalue weighted by atomic mass is 10.2. The van der Waals surface area contributed by atoms with Crippen molar-refractivity contribution >= 4 is 11.6 Å². The highest BCUT2D eigenvalue weighted by Crippen LogP contribution is 2.19. The van der Waals surface area contributed by atoms with Crippen LogP contribution in [0.3, 0.4) is 0 Å². The van der Waals surface area contributed by atoms with E-state index in [0.29, 0.717) is 16.3 Å². The third-order valence-electron chi connectivity index (χ3n) is 2.68. The van der Waals surface area contributed by atoms with Crippen molar-refractivity contribution < 1.29 is 9.13 Å². The minimum atomic E-state index is -0.309. The number of ether oxygens (including phenoxy) is 1. The second-order valence-corrected chi connectivity index (χ2v) is 4.64. The lowest BCUT2D eigenvalue weighted by Gasteiger charge is -2.09. The van der Waals surface area contributed by atoms with Gasteiger partial charge >= 0.3 is 0 Å². The lowest BCUT2D eigenvalue weighted by molar-refractivity contribution is 0.299. The molecule has 0 radical (unpaired) electrons. The monoisotopic (exact) mass is 279 g/mol. The van der Waals surface area contributed by atoms with E-state index in [-0.39, 0.29) is 12.4 Å². The molecule has 0 aromatic heterocycles. The fraction of sp³-hybridized carbons (Fsp3) is 0.200. The van der Waals surface area contributed by atoms with Crippen LogP contribution in [0.25, 0.3) is 0 Å². The van der Waals surface area contributed by atoms with Crippen LogP contribution >= 0.6 is 11.6 Å². The van der Waals surface area contributed by atoms with Crippen LogP contribution in [-0.2, 0) is 13.2 Å². The summed E-state index contributed by atoms with van der Waals surface area (Å²) in [4.78, 5) is 0. The van der Waals surface area contributed by atoms with Gasteiger partial charge in [-0.2, -0.15) is 0 Å². The van der Waals surface area contributed by atoms with Crippen molar-refractivity contribution in [2.75, 3.05) is 7.05 Å². The maximum absolute atomic E-state index is 13.5. The van der Waals surface area contributed by atoms with Crippen molar-refractivity contribution in [1.29, 1.82) is 0 Å². The van der Waals surface area contributed by atoms with Crippen molar-refractivity contribution in [3.63, 3.8) is 0 Å². The fourth-order valence-electron chi connectivity index (χ4n) is 1.76. The second-order valence-electron chi connectivity index (χ2n) is 4.20. The average molecular weight is 280 g/mol. The van der Waals surface area contributed by atoms with Gasteiger partial charge in [-0.25, -0.2) is 4.39 Å². The van der Waals surface area contributed by atoms with E-state index in [4.69, 9.17) is 16.3 Å². The van der Waals surface area contributed by atoms with Gasteiger partial charge in [-0.15, -0.1) is 0 Å². The molecule has 0 amide bonds. The van der Waals surface area contributed by atoms with Crippen LogP contribution in [0.15, 0.2) is 42.5 Å². The lowest BCUT2D eigenvalue weighted by Crippen LogP contribution is -2.05. The molecule has 2 aromatic rings. The maximum atomic E-state index is 13.5. The van der Waals surface area contributed by atoms with Crippen molar-refractivity contribution in [2.45, 2.75) is 13.2 Å². The molecule has 0 saturated heterocycles. The largest absolute Gasteiger partial charge is 0.489 e. The molecule has 2 rings (SSSR count). The molecule has 2 aromatic carbocycles. The molecule has 19 heavy (non-hydrogen) atoms. The summed E-state index contributed by atoms with van der Waals surface area (Å²) in [7, 11) is 1.88. The summed E-state index contributed by atoms with van der Waals surface area (Å²) in [5.74, 6) is 0.405. The standard InChI is InChI=1S/C15H15ClFNO/c1-18-9-11-3-2-4-14(7-11)19-10-12-8-13(16)5-6-15(12)17/h2-8,18H,9-10H2,1H3. The van der Waals surface area contributed by atoms with Gasteiger partial charge in [0, 0.05) is 17.1 Å². The molecule has 2 nitrogen and oxygen atoms in total. The van der Waals surface area contributed by atoms with Gasteiger partial charge in [-0.05, 0) is 42.9 Å². The SMILES string of the molecule is CNCc1cccc(OCc2cc(Cl)ccc2F)c1. The Labute approximate surface area is 117 Å². The van der Waals surface area contributed by atoms with E-state index in [1.807, 2.05) is 31.3 Å². The Balaban J connectivity index is 2.05. The Morgan fingerprint density at radius 2 is 2.05 bits per heavy atom. The van der Waals surface area contributed by atoms with Crippen molar-refractivity contribution in [1.82, 2.24) is 5.32 Å². The predicted molar refractivity (Wildman–Crippen MR) is 74.9 cm³/mol. The van der Waals surface area contributed by atoms with Crippen LogP contribution < -0.4 is 10.1 Å².